The van der Waals surface area contributed by atoms with Gasteiger partial charge in [0.25, 0.3) is 0 Å². The maximum absolute atomic E-state index is 14.0. The SMILES string of the molecule is Cc1ccc(-c2ncccn2)c(C(=O)[C@@]2(CNc3ncc(C(F)(F)F)cn3)CC[C@H](C)CN2)n1. The zero-order valence-electron chi connectivity index (χ0n) is 18.7. The first-order valence-electron chi connectivity index (χ1n) is 10.9. The van der Waals surface area contributed by atoms with Crippen molar-refractivity contribution in [3.8, 4) is 11.4 Å². The number of aryl methyl sites for hydroxylation is 1. The zero-order chi connectivity index (χ0) is 24.3. The van der Waals surface area contributed by atoms with E-state index in [2.05, 4.69) is 42.5 Å². The molecular weight excluding hydrogens is 447 g/mol. The summed E-state index contributed by atoms with van der Waals surface area (Å²) in [5.41, 5.74) is -0.570. The summed E-state index contributed by atoms with van der Waals surface area (Å²) in [5.74, 6) is 0.511. The topological polar surface area (TPSA) is 106 Å². The standard InChI is InChI=1S/C23H24F3N7O/c1-14-6-7-22(32-10-14,13-31-21-29-11-16(12-30-21)23(24,25)26)19(34)18-17(5-4-15(2)33-18)20-27-8-3-9-28-20/h3-5,8-9,11-12,14,32H,6-7,10,13H2,1-2H3,(H,29,30,31)/t14-,22-/m0/s1. The van der Waals surface area contributed by atoms with Gasteiger partial charge in [0.2, 0.25) is 11.7 Å². The predicted molar refractivity (Wildman–Crippen MR) is 119 cm³/mol. The van der Waals surface area contributed by atoms with Gasteiger partial charge in [0.1, 0.15) is 11.2 Å². The first kappa shape index (κ1) is 23.7. The van der Waals surface area contributed by atoms with Crippen LogP contribution in [0.5, 0.6) is 0 Å². The van der Waals surface area contributed by atoms with Gasteiger partial charge in [-0.25, -0.2) is 24.9 Å². The molecule has 1 aliphatic rings. The first-order chi connectivity index (χ1) is 16.2. The van der Waals surface area contributed by atoms with E-state index in [4.69, 9.17) is 0 Å². The summed E-state index contributed by atoms with van der Waals surface area (Å²) in [5, 5.41) is 6.30. The van der Waals surface area contributed by atoms with Crippen LogP contribution in [0.25, 0.3) is 11.4 Å². The van der Waals surface area contributed by atoms with E-state index in [1.165, 1.54) is 0 Å². The number of hydrogen-bond acceptors (Lipinski definition) is 8. The minimum atomic E-state index is -4.52. The number of anilines is 1. The molecule has 11 heteroatoms. The third-order valence-electron chi connectivity index (χ3n) is 5.87. The molecule has 4 rings (SSSR count). The second-order valence-corrected chi connectivity index (χ2v) is 8.50. The van der Waals surface area contributed by atoms with Crippen molar-refractivity contribution in [2.75, 3.05) is 18.4 Å². The molecule has 1 saturated heterocycles. The quantitative estimate of drug-likeness (QED) is 0.524. The van der Waals surface area contributed by atoms with Gasteiger partial charge in [-0.1, -0.05) is 6.92 Å². The lowest BCUT2D eigenvalue weighted by Crippen LogP contribution is -2.60. The molecule has 2 N–H and O–H groups in total. The second-order valence-electron chi connectivity index (χ2n) is 8.50. The van der Waals surface area contributed by atoms with Crippen LogP contribution in [0.2, 0.25) is 0 Å². The first-order valence-corrected chi connectivity index (χ1v) is 10.9. The average Bonchev–Trinajstić information content (AvgIpc) is 2.84. The number of halogens is 3. The van der Waals surface area contributed by atoms with Crippen molar-refractivity contribution in [3.05, 3.63) is 59.9 Å². The Bertz CT molecular complexity index is 1150. The molecule has 3 aromatic heterocycles. The Morgan fingerprint density at radius 2 is 1.88 bits per heavy atom. The lowest BCUT2D eigenvalue weighted by atomic mass is 9.79. The van der Waals surface area contributed by atoms with E-state index in [9.17, 15) is 18.0 Å². The van der Waals surface area contributed by atoms with E-state index in [1.54, 1.807) is 37.5 Å². The van der Waals surface area contributed by atoms with Gasteiger partial charge in [-0.05, 0) is 50.4 Å². The molecular formula is C23H24F3N7O. The average molecular weight is 471 g/mol. The van der Waals surface area contributed by atoms with E-state index in [0.29, 0.717) is 48.4 Å². The third-order valence-corrected chi connectivity index (χ3v) is 5.87. The molecule has 8 nitrogen and oxygen atoms in total. The summed E-state index contributed by atoms with van der Waals surface area (Å²) in [4.78, 5) is 34.6. The number of aromatic nitrogens is 5. The number of carbonyl (C=O) groups is 1. The molecule has 0 unspecified atom stereocenters. The lowest BCUT2D eigenvalue weighted by Gasteiger charge is -2.39. The smallest absolute Gasteiger partial charge is 0.352 e. The second kappa shape index (κ2) is 9.41. The highest BCUT2D eigenvalue weighted by atomic mass is 19.4. The normalized spacial score (nSPS) is 20.7. The van der Waals surface area contributed by atoms with Crippen molar-refractivity contribution in [1.29, 1.82) is 0 Å². The van der Waals surface area contributed by atoms with Gasteiger partial charge >= 0.3 is 6.18 Å². The Balaban J connectivity index is 1.65. The van der Waals surface area contributed by atoms with Crippen LogP contribution in [0.1, 0.15) is 41.5 Å². The van der Waals surface area contributed by atoms with Gasteiger partial charge in [-0.2, -0.15) is 13.2 Å². The largest absolute Gasteiger partial charge is 0.419 e. The molecule has 0 aliphatic carbocycles. The maximum atomic E-state index is 14.0. The van der Waals surface area contributed by atoms with Gasteiger partial charge in [0.05, 0.1) is 5.56 Å². The van der Waals surface area contributed by atoms with Gasteiger partial charge in [0, 0.05) is 42.6 Å². The Kier molecular flexibility index (Phi) is 6.56. The van der Waals surface area contributed by atoms with E-state index >= 15 is 0 Å². The molecule has 0 spiro atoms. The Morgan fingerprint density at radius 1 is 1.18 bits per heavy atom. The highest BCUT2D eigenvalue weighted by molar-refractivity contribution is 6.06. The molecule has 0 bridgehead atoms. The minimum Gasteiger partial charge on any atom is -0.352 e. The van der Waals surface area contributed by atoms with Crippen molar-refractivity contribution in [2.45, 2.75) is 38.4 Å². The summed E-state index contributed by atoms with van der Waals surface area (Å²) in [6, 6.07) is 5.25. The summed E-state index contributed by atoms with van der Waals surface area (Å²) >= 11 is 0. The van der Waals surface area contributed by atoms with Crippen LogP contribution in [0.4, 0.5) is 19.1 Å². The van der Waals surface area contributed by atoms with E-state index in [0.717, 1.165) is 6.42 Å². The molecule has 1 fully saturated rings. The molecule has 0 amide bonds. The minimum absolute atomic E-state index is 0.00409. The molecule has 178 valence electrons. The van der Waals surface area contributed by atoms with Crippen molar-refractivity contribution >= 4 is 11.7 Å². The van der Waals surface area contributed by atoms with Crippen molar-refractivity contribution < 1.29 is 18.0 Å². The number of alkyl halides is 3. The number of Topliss-reactive ketones (excluding diaryl/α,β-unsaturated/α-hetero) is 1. The van der Waals surface area contributed by atoms with Gasteiger partial charge < -0.3 is 10.6 Å². The third kappa shape index (κ3) is 5.04. The van der Waals surface area contributed by atoms with Crippen LogP contribution in [-0.2, 0) is 6.18 Å². The number of nitrogens with one attached hydrogen (secondary N) is 2. The monoisotopic (exact) mass is 471 g/mol. The summed E-state index contributed by atoms with van der Waals surface area (Å²) in [6.45, 7) is 4.56. The summed E-state index contributed by atoms with van der Waals surface area (Å²) < 4.78 is 38.5. The summed E-state index contributed by atoms with van der Waals surface area (Å²) in [7, 11) is 0. The molecule has 0 radical (unpaired) electrons. The molecule has 34 heavy (non-hydrogen) atoms. The Morgan fingerprint density at radius 3 is 2.50 bits per heavy atom. The van der Waals surface area contributed by atoms with Gasteiger partial charge in [-0.3, -0.25) is 4.79 Å². The Hall–Kier alpha value is -3.47. The number of rotatable bonds is 6. The van der Waals surface area contributed by atoms with Crippen molar-refractivity contribution in [2.24, 2.45) is 5.92 Å². The van der Waals surface area contributed by atoms with E-state index in [-0.39, 0.29) is 24.0 Å². The summed E-state index contributed by atoms with van der Waals surface area (Å²) in [6.07, 6.45) is 1.39. The molecule has 3 aromatic rings. The lowest BCUT2D eigenvalue weighted by molar-refractivity contribution is -0.138. The van der Waals surface area contributed by atoms with Crippen molar-refractivity contribution in [3.63, 3.8) is 0 Å². The fourth-order valence-corrected chi connectivity index (χ4v) is 3.85. The number of nitrogens with zero attached hydrogens (tertiary/aromatic N) is 5. The van der Waals surface area contributed by atoms with Gasteiger partial charge in [-0.15, -0.1) is 0 Å². The van der Waals surface area contributed by atoms with Crippen LogP contribution >= 0.6 is 0 Å². The van der Waals surface area contributed by atoms with Crippen LogP contribution in [0, 0.1) is 12.8 Å². The number of piperidine rings is 1. The highest BCUT2D eigenvalue weighted by Gasteiger charge is 2.43. The van der Waals surface area contributed by atoms with Crippen LogP contribution in [0.3, 0.4) is 0 Å². The maximum Gasteiger partial charge on any atom is 0.419 e. The number of pyridine rings is 1. The van der Waals surface area contributed by atoms with E-state index in [1.807, 2.05) is 0 Å². The molecule has 4 heterocycles. The van der Waals surface area contributed by atoms with Crippen LogP contribution in [-0.4, -0.2) is 49.3 Å². The molecule has 1 aliphatic heterocycles. The molecule has 2 atom stereocenters. The highest BCUT2D eigenvalue weighted by Crippen LogP contribution is 2.31. The van der Waals surface area contributed by atoms with E-state index < -0.39 is 17.3 Å². The van der Waals surface area contributed by atoms with Crippen LogP contribution < -0.4 is 10.6 Å². The van der Waals surface area contributed by atoms with Gasteiger partial charge in [0.15, 0.2) is 5.82 Å². The molecule has 0 aromatic carbocycles. The van der Waals surface area contributed by atoms with Crippen molar-refractivity contribution in [1.82, 2.24) is 30.2 Å². The number of carbonyl (C=O) groups excluding carboxylic acids is 1. The zero-order valence-corrected chi connectivity index (χ0v) is 18.7. The Labute approximate surface area is 194 Å². The fraction of sp³-hybridized carbons (Fsp3) is 0.391. The molecule has 0 saturated carbocycles. The fourth-order valence-electron chi connectivity index (χ4n) is 3.85. The number of hydrogen-bond donors (Lipinski definition) is 2. The number of ketones is 1. The van der Waals surface area contributed by atoms with Crippen LogP contribution in [0.15, 0.2) is 43.0 Å². The predicted octanol–water partition coefficient (Wildman–Crippen LogP) is 3.71.